The lowest BCUT2D eigenvalue weighted by Gasteiger charge is -2.17. The number of hydrogen-bond acceptors (Lipinski definition) is 4. The third-order valence-electron chi connectivity index (χ3n) is 5.50. The standard InChI is InChI=1S/C21H27N5O2/c1-5-6-7-8-26-19(27)17-18(23(4)21(26)28)22-20-24(9-10-25(17)20)16-12-14(2)11-15(3)13-16/h11-13H,5-10H2,1-4H3. The predicted octanol–water partition coefficient (Wildman–Crippen LogP) is 2.86. The van der Waals surface area contributed by atoms with Crippen LogP contribution in [0, 0.1) is 13.8 Å². The Balaban J connectivity index is 1.87. The number of imidazole rings is 1. The van der Waals surface area contributed by atoms with Crippen molar-refractivity contribution in [2.45, 2.75) is 53.1 Å². The molecule has 0 saturated carbocycles. The summed E-state index contributed by atoms with van der Waals surface area (Å²) in [7, 11) is 1.70. The average molecular weight is 381 g/mol. The van der Waals surface area contributed by atoms with E-state index in [1.165, 1.54) is 20.3 Å². The van der Waals surface area contributed by atoms with E-state index in [0.29, 0.717) is 24.3 Å². The number of anilines is 2. The minimum Gasteiger partial charge on any atom is -0.310 e. The van der Waals surface area contributed by atoms with Gasteiger partial charge >= 0.3 is 5.69 Å². The van der Waals surface area contributed by atoms with Crippen molar-refractivity contribution in [1.29, 1.82) is 0 Å². The maximum Gasteiger partial charge on any atom is 0.332 e. The molecular formula is C21H27N5O2. The van der Waals surface area contributed by atoms with Crippen LogP contribution < -0.4 is 16.1 Å². The molecule has 7 nitrogen and oxygen atoms in total. The minimum absolute atomic E-state index is 0.227. The van der Waals surface area contributed by atoms with Crippen LogP contribution >= 0.6 is 0 Å². The third-order valence-corrected chi connectivity index (χ3v) is 5.50. The highest BCUT2D eigenvalue weighted by molar-refractivity contribution is 5.78. The van der Waals surface area contributed by atoms with Gasteiger partial charge in [-0.3, -0.25) is 13.9 Å². The van der Waals surface area contributed by atoms with Gasteiger partial charge in [0.1, 0.15) is 0 Å². The lowest BCUT2D eigenvalue weighted by molar-refractivity contribution is 0.549. The second-order valence-corrected chi connectivity index (χ2v) is 7.74. The molecule has 1 aliphatic heterocycles. The molecule has 0 saturated heterocycles. The van der Waals surface area contributed by atoms with E-state index < -0.39 is 0 Å². The summed E-state index contributed by atoms with van der Waals surface area (Å²) in [5.41, 5.74) is 3.93. The first-order valence-corrected chi connectivity index (χ1v) is 9.98. The van der Waals surface area contributed by atoms with Crippen molar-refractivity contribution in [2.75, 3.05) is 11.4 Å². The summed E-state index contributed by atoms with van der Waals surface area (Å²) >= 11 is 0. The quantitative estimate of drug-likeness (QED) is 0.638. The first kappa shape index (κ1) is 18.5. The Hall–Kier alpha value is -2.83. The fourth-order valence-electron chi connectivity index (χ4n) is 4.15. The van der Waals surface area contributed by atoms with Gasteiger partial charge in [0.2, 0.25) is 5.95 Å². The van der Waals surface area contributed by atoms with Gasteiger partial charge in [-0.05, 0) is 43.5 Å². The molecule has 4 rings (SSSR count). The molecule has 0 aliphatic carbocycles. The van der Waals surface area contributed by atoms with Gasteiger partial charge in [-0.25, -0.2) is 4.79 Å². The smallest absolute Gasteiger partial charge is 0.310 e. The van der Waals surface area contributed by atoms with E-state index in [-0.39, 0.29) is 11.2 Å². The Morgan fingerprint density at radius 2 is 1.75 bits per heavy atom. The summed E-state index contributed by atoms with van der Waals surface area (Å²) in [6, 6.07) is 6.40. The Morgan fingerprint density at radius 1 is 1.04 bits per heavy atom. The molecule has 0 bridgehead atoms. The van der Waals surface area contributed by atoms with Crippen LogP contribution in [0.5, 0.6) is 0 Å². The Bertz CT molecular complexity index is 1150. The second kappa shape index (κ2) is 6.96. The van der Waals surface area contributed by atoms with E-state index in [1.54, 1.807) is 7.05 Å². The van der Waals surface area contributed by atoms with Crippen LogP contribution in [0.4, 0.5) is 11.6 Å². The Morgan fingerprint density at radius 3 is 2.43 bits per heavy atom. The summed E-state index contributed by atoms with van der Waals surface area (Å²) in [5, 5.41) is 0. The molecule has 0 N–H and O–H groups in total. The van der Waals surface area contributed by atoms with Crippen molar-refractivity contribution >= 4 is 22.8 Å². The summed E-state index contributed by atoms with van der Waals surface area (Å²) in [6.07, 6.45) is 2.87. The van der Waals surface area contributed by atoms with Crippen molar-refractivity contribution in [2.24, 2.45) is 7.05 Å². The zero-order valence-electron chi connectivity index (χ0n) is 17.0. The summed E-state index contributed by atoms with van der Waals surface area (Å²) < 4.78 is 4.84. The highest BCUT2D eigenvalue weighted by Gasteiger charge is 2.28. The van der Waals surface area contributed by atoms with E-state index in [0.717, 1.165) is 37.4 Å². The third kappa shape index (κ3) is 2.85. The van der Waals surface area contributed by atoms with Crippen molar-refractivity contribution in [3.8, 4) is 0 Å². The number of nitrogens with zero attached hydrogens (tertiary/aromatic N) is 5. The van der Waals surface area contributed by atoms with E-state index in [1.807, 2.05) is 4.57 Å². The van der Waals surface area contributed by atoms with Crippen LogP contribution in [0.1, 0.15) is 37.3 Å². The topological polar surface area (TPSA) is 65.1 Å². The molecule has 3 aromatic rings. The van der Waals surface area contributed by atoms with Gasteiger partial charge in [-0.1, -0.05) is 25.8 Å². The number of unbranched alkanes of at least 4 members (excludes halogenated alkanes) is 2. The minimum atomic E-state index is -0.289. The van der Waals surface area contributed by atoms with Crippen LogP contribution in [-0.4, -0.2) is 25.2 Å². The van der Waals surface area contributed by atoms with Crippen LogP contribution in [0.25, 0.3) is 11.2 Å². The Labute approximate surface area is 163 Å². The highest BCUT2D eigenvalue weighted by atomic mass is 16.2. The van der Waals surface area contributed by atoms with E-state index in [2.05, 4.69) is 43.9 Å². The molecule has 0 fully saturated rings. The van der Waals surface area contributed by atoms with Gasteiger partial charge in [-0.15, -0.1) is 0 Å². The second-order valence-electron chi connectivity index (χ2n) is 7.74. The molecule has 0 unspecified atom stereocenters. The number of aryl methyl sites for hydroxylation is 3. The zero-order valence-corrected chi connectivity index (χ0v) is 17.0. The SMILES string of the molecule is CCCCCn1c(=O)c2c(nc3n2CCN3c2cc(C)cc(C)c2)n(C)c1=O. The summed E-state index contributed by atoms with van der Waals surface area (Å²) in [5.74, 6) is 0.735. The fraction of sp³-hybridized carbons (Fsp3) is 0.476. The molecule has 1 aromatic carbocycles. The zero-order chi connectivity index (χ0) is 20.0. The number of fused-ring (bicyclic) bond motifs is 3. The van der Waals surface area contributed by atoms with Crippen LogP contribution in [0.3, 0.4) is 0 Å². The van der Waals surface area contributed by atoms with E-state index >= 15 is 0 Å². The highest BCUT2D eigenvalue weighted by Crippen LogP contribution is 2.32. The predicted molar refractivity (Wildman–Crippen MR) is 112 cm³/mol. The Kier molecular flexibility index (Phi) is 4.61. The first-order valence-electron chi connectivity index (χ1n) is 9.98. The van der Waals surface area contributed by atoms with E-state index in [9.17, 15) is 9.59 Å². The molecule has 0 amide bonds. The van der Waals surface area contributed by atoms with Gasteiger partial charge in [0.15, 0.2) is 11.2 Å². The lowest BCUT2D eigenvalue weighted by Crippen LogP contribution is -2.39. The molecule has 2 aromatic heterocycles. The van der Waals surface area contributed by atoms with Crippen molar-refractivity contribution in [3.05, 3.63) is 50.2 Å². The maximum absolute atomic E-state index is 13.1. The molecule has 3 heterocycles. The molecule has 148 valence electrons. The maximum atomic E-state index is 13.1. The molecule has 0 spiro atoms. The number of aromatic nitrogens is 4. The van der Waals surface area contributed by atoms with Crippen LogP contribution in [0.15, 0.2) is 27.8 Å². The van der Waals surface area contributed by atoms with Crippen molar-refractivity contribution < 1.29 is 0 Å². The lowest BCUT2D eigenvalue weighted by atomic mass is 10.1. The van der Waals surface area contributed by atoms with Crippen molar-refractivity contribution in [3.63, 3.8) is 0 Å². The first-order chi connectivity index (χ1) is 13.4. The van der Waals surface area contributed by atoms with Gasteiger partial charge in [0.25, 0.3) is 5.56 Å². The molecular weight excluding hydrogens is 354 g/mol. The van der Waals surface area contributed by atoms with Gasteiger partial charge in [0, 0.05) is 32.4 Å². The van der Waals surface area contributed by atoms with Gasteiger partial charge in [-0.2, -0.15) is 4.98 Å². The van der Waals surface area contributed by atoms with Crippen molar-refractivity contribution in [1.82, 2.24) is 18.7 Å². The van der Waals surface area contributed by atoms with Crippen LogP contribution in [-0.2, 0) is 20.1 Å². The monoisotopic (exact) mass is 381 g/mol. The molecule has 28 heavy (non-hydrogen) atoms. The molecule has 7 heteroatoms. The summed E-state index contributed by atoms with van der Waals surface area (Å²) in [6.45, 7) is 8.16. The molecule has 1 aliphatic rings. The number of rotatable bonds is 5. The van der Waals surface area contributed by atoms with Gasteiger partial charge in [0.05, 0.1) is 0 Å². The van der Waals surface area contributed by atoms with Gasteiger partial charge < -0.3 is 9.47 Å². The normalized spacial score (nSPS) is 13.5. The number of hydrogen-bond donors (Lipinski definition) is 0. The van der Waals surface area contributed by atoms with Crippen LogP contribution in [0.2, 0.25) is 0 Å². The largest absolute Gasteiger partial charge is 0.332 e. The fourth-order valence-corrected chi connectivity index (χ4v) is 4.15. The average Bonchev–Trinajstić information content (AvgIpc) is 3.21. The van der Waals surface area contributed by atoms with E-state index in [4.69, 9.17) is 4.98 Å². The molecule has 0 atom stereocenters. The molecule has 0 radical (unpaired) electrons. The number of benzene rings is 1. The summed E-state index contributed by atoms with van der Waals surface area (Å²) in [4.78, 5) is 32.7.